The molecule has 136 valence electrons. The first-order valence-corrected chi connectivity index (χ1v) is 9.92. The fraction of sp³-hybridized carbons (Fsp3) is 0.900. The number of carbonyl (C=O) groups is 2. The molecule has 0 radical (unpaired) electrons. The second-order valence-electron chi connectivity index (χ2n) is 9.19. The number of piperidine rings is 1. The molecule has 2 saturated carbocycles. The van der Waals surface area contributed by atoms with Gasteiger partial charge in [0.15, 0.2) is 0 Å². The van der Waals surface area contributed by atoms with E-state index in [1.54, 1.807) is 0 Å². The van der Waals surface area contributed by atoms with Gasteiger partial charge in [0.1, 0.15) is 5.78 Å². The van der Waals surface area contributed by atoms with E-state index in [0.717, 1.165) is 45.4 Å². The summed E-state index contributed by atoms with van der Waals surface area (Å²) in [6, 6.07) is 0. The van der Waals surface area contributed by atoms with Gasteiger partial charge in [0.05, 0.1) is 5.92 Å². The predicted octanol–water partition coefficient (Wildman–Crippen LogP) is 2.87. The molecule has 3 fully saturated rings. The molecule has 24 heavy (non-hydrogen) atoms. The van der Waals surface area contributed by atoms with Crippen molar-refractivity contribution < 1.29 is 9.59 Å². The Bertz CT molecular complexity index is 477. The number of hydrogen-bond donors (Lipinski definition) is 1. The topological polar surface area (TPSA) is 49.4 Å². The second-order valence-corrected chi connectivity index (χ2v) is 9.19. The summed E-state index contributed by atoms with van der Waals surface area (Å²) in [4.78, 5) is 28.2. The highest BCUT2D eigenvalue weighted by molar-refractivity contribution is 5.92. The van der Waals surface area contributed by atoms with Crippen molar-refractivity contribution in [2.45, 2.75) is 59.3 Å². The van der Waals surface area contributed by atoms with Crippen LogP contribution in [0.5, 0.6) is 0 Å². The van der Waals surface area contributed by atoms with E-state index in [2.05, 4.69) is 10.2 Å². The van der Waals surface area contributed by atoms with E-state index >= 15 is 0 Å². The molecule has 0 aromatic rings. The van der Waals surface area contributed by atoms with Crippen LogP contribution in [0.25, 0.3) is 0 Å². The molecule has 1 saturated heterocycles. The first kappa shape index (κ1) is 17.9. The van der Waals surface area contributed by atoms with Crippen LogP contribution in [0.3, 0.4) is 0 Å². The van der Waals surface area contributed by atoms with E-state index in [4.69, 9.17) is 0 Å². The smallest absolute Gasteiger partial charge is 0.224 e. The first-order chi connectivity index (χ1) is 11.4. The van der Waals surface area contributed by atoms with Crippen molar-refractivity contribution in [1.29, 1.82) is 0 Å². The highest BCUT2D eigenvalue weighted by Gasteiger charge is 2.54. The molecular weight excluding hydrogens is 300 g/mol. The van der Waals surface area contributed by atoms with Gasteiger partial charge in [-0.05, 0) is 57.0 Å². The Labute approximate surface area is 146 Å². The van der Waals surface area contributed by atoms with Gasteiger partial charge in [0, 0.05) is 24.4 Å². The van der Waals surface area contributed by atoms with Gasteiger partial charge >= 0.3 is 0 Å². The van der Waals surface area contributed by atoms with Crippen molar-refractivity contribution in [3.63, 3.8) is 0 Å². The Morgan fingerprint density at radius 2 is 1.62 bits per heavy atom. The fourth-order valence-corrected chi connectivity index (χ4v) is 5.18. The molecule has 2 bridgehead atoms. The maximum Gasteiger partial charge on any atom is 0.224 e. The van der Waals surface area contributed by atoms with Crippen molar-refractivity contribution in [1.82, 2.24) is 10.2 Å². The summed E-state index contributed by atoms with van der Waals surface area (Å²) in [5.74, 6) is 1.20. The molecule has 2 aliphatic carbocycles. The maximum absolute atomic E-state index is 12.9. The zero-order valence-electron chi connectivity index (χ0n) is 15.6. The minimum absolute atomic E-state index is 0.0428. The molecule has 1 N–H and O–H groups in total. The van der Waals surface area contributed by atoms with Crippen LogP contribution in [-0.2, 0) is 9.59 Å². The molecular formula is C20H34N2O2. The lowest BCUT2D eigenvalue weighted by Crippen LogP contribution is -2.46. The largest absolute Gasteiger partial charge is 0.355 e. The second kappa shape index (κ2) is 7.15. The number of amides is 1. The molecule has 4 unspecified atom stereocenters. The number of likely N-dealkylation sites (tertiary alicyclic amines) is 1. The summed E-state index contributed by atoms with van der Waals surface area (Å²) in [6.45, 7) is 9.98. The van der Waals surface area contributed by atoms with E-state index in [1.165, 1.54) is 19.3 Å². The monoisotopic (exact) mass is 334 g/mol. The van der Waals surface area contributed by atoms with E-state index in [-0.39, 0.29) is 23.2 Å². The zero-order chi connectivity index (χ0) is 17.3. The van der Waals surface area contributed by atoms with Gasteiger partial charge in [0.25, 0.3) is 0 Å². The van der Waals surface area contributed by atoms with Gasteiger partial charge in [-0.1, -0.05) is 27.2 Å². The molecule has 1 aliphatic heterocycles. The number of Topliss-reactive ketones (excluding diaryl/α,β-unsaturated/α-hetero) is 1. The Kier molecular flexibility index (Phi) is 5.33. The summed E-state index contributed by atoms with van der Waals surface area (Å²) < 4.78 is 0. The van der Waals surface area contributed by atoms with Crippen LogP contribution < -0.4 is 5.32 Å². The highest BCUT2D eigenvalue weighted by atomic mass is 16.2. The third-order valence-electron chi connectivity index (χ3n) is 6.44. The van der Waals surface area contributed by atoms with Crippen LogP contribution in [0.2, 0.25) is 0 Å². The van der Waals surface area contributed by atoms with Crippen LogP contribution in [-0.4, -0.2) is 42.8 Å². The van der Waals surface area contributed by atoms with Crippen molar-refractivity contribution in [3.05, 3.63) is 0 Å². The number of nitrogens with zero attached hydrogens (tertiary/aromatic N) is 1. The minimum atomic E-state index is -0.346. The summed E-state index contributed by atoms with van der Waals surface area (Å²) in [7, 11) is 0. The molecule has 3 aliphatic rings. The Morgan fingerprint density at radius 1 is 1.00 bits per heavy atom. The molecule has 4 atom stereocenters. The van der Waals surface area contributed by atoms with Gasteiger partial charge in [-0.2, -0.15) is 0 Å². The van der Waals surface area contributed by atoms with Crippen molar-refractivity contribution in [2.24, 2.45) is 29.1 Å². The number of hydrogen-bond acceptors (Lipinski definition) is 3. The minimum Gasteiger partial charge on any atom is -0.355 e. The average molecular weight is 335 g/mol. The third kappa shape index (κ3) is 3.68. The number of rotatable bonds is 5. The number of nitrogens with one attached hydrogen (secondary N) is 1. The summed E-state index contributed by atoms with van der Waals surface area (Å²) >= 11 is 0. The normalized spacial score (nSPS) is 33.6. The van der Waals surface area contributed by atoms with Crippen LogP contribution in [0.1, 0.15) is 59.3 Å². The number of ketones is 1. The lowest BCUT2D eigenvalue weighted by molar-refractivity contribution is -0.140. The molecule has 1 heterocycles. The molecule has 0 aromatic heterocycles. The standard InChI is InChI=1S/C20H34N2O2/c1-20(2,3)18(23)16-14-7-8-15(13-14)17(16)19(24)21-9-12-22-10-5-4-6-11-22/h14-17H,4-13H2,1-3H3,(H,21,24). The number of carbonyl (C=O) groups excluding carboxylic acids is 2. The van der Waals surface area contributed by atoms with Gasteiger partial charge < -0.3 is 10.2 Å². The molecule has 1 amide bonds. The van der Waals surface area contributed by atoms with Crippen molar-refractivity contribution in [2.75, 3.05) is 26.2 Å². The third-order valence-corrected chi connectivity index (χ3v) is 6.44. The molecule has 0 spiro atoms. The quantitative estimate of drug-likeness (QED) is 0.841. The van der Waals surface area contributed by atoms with Gasteiger partial charge in [-0.15, -0.1) is 0 Å². The maximum atomic E-state index is 12.9. The summed E-state index contributed by atoms with van der Waals surface area (Å²) in [6.07, 6.45) is 7.24. The van der Waals surface area contributed by atoms with Crippen molar-refractivity contribution in [3.8, 4) is 0 Å². The molecule has 0 aromatic carbocycles. The summed E-state index contributed by atoms with van der Waals surface area (Å²) in [5.41, 5.74) is -0.346. The van der Waals surface area contributed by atoms with Crippen molar-refractivity contribution >= 4 is 11.7 Å². The van der Waals surface area contributed by atoms with Gasteiger partial charge in [-0.3, -0.25) is 9.59 Å². The van der Waals surface area contributed by atoms with E-state index in [0.29, 0.717) is 17.6 Å². The van der Waals surface area contributed by atoms with E-state index in [9.17, 15) is 9.59 Å². The first-order valence-electron chi connectivity index (χ1n) is 9.92. The van der Waals surface area contributed by atoms with E-state index in [1.807, 2.05) is 20.8 Å². The fourth-order valence-electron chi connectivity index (χ4n) is 5.18. The SMILES string of the molecule is CC(C)(C)C(=O)C1C2CCC(C2)C1C(=O)NCCN1CCCCC1. The summed E-state index contributed by atoms with van der Waals surface area (Å²) in [5, 5.41) is 3.16. The number of fused-ring (bicyclic) bond motifs is 2. The zero-order valence-corrected chi connectivity index (χ0v) is 15.6. The van der Waals surface area contributed by atoms with Crippen LogP contribution in [0.15, 0.2) is 0 Å². The lowest BCUT2D eigenvalue weighted by atomic mass is 9.70. The van der Waals surface area contributed by atoms with Crippen LogP contribution in [0, 0.1) is 29.1 Å². The molecule has 4 heteroatoms. The Hall–Kier alpha value is -0.900. The molecule has 4 nitrogen and oxygen atoms in total. The van der Waals surface area contributed by atoms with E-state index < -0.39 is 0 Å². The van der Waals surface area contributed by atoms with Crippen LogP contribution >= 0.6 is 0 Å². The Balaban J connectivity index is 1.57. The molecule has 3 rings (SSSR count). The highest BCUT2D eigenvalue weighted by Crippen LogP contribution is 2.54. The van der Waals surface area contributed by atoms with Gasteiger partial charge in [-0.25, -0.2) is 0 Å². The van der Waals surface area contributed by atoms with Gasteiger partial charge in [0.2, 0.25) is 5.91 Å². The Morgan fingerprint density at radius 3 is 2.25 bits per heavy atom. The average Bonchev–Trinajstić information content (AvgIpc) is 3.15. The van der Waals surface area contributed by atoms with Crippen LogP contribution in [0.4, 0.5) is 0 Å². The lowest BCUT2D eigenvalue weighted by Gasteiger charge is -2.33. The predicted molar refractivity (Wildman–Crippen MR) is 95.6 cm³/mol.